The Bertz CT molecular complexity index is 1040. The van der Waals surface area contributed by atoms with Crippen molar-refractivity contribution in [3.8, 4) is 0 Å². The number of nitrogens with one attached hydrogen (secondary N) is 3. The summed E-state index contributed by atoms with van der Waals surface area (Å²) >= 11 is 0. The lowest BCUT2D eigenvalue weighted by Crippen LogP contribution is -2.17. The average molecular weight is 363 g/mol. The van der Waals surface area contributed by atoms with Crippen molar-refractivity contribution in [1.29, 1.82) is 0 Å². The van der Waals surface area contributed by atoms with Gasteiger partial charge in [0.1, 0.15) is 0 Å². The van der Waals surface area contributed by atoms with Crippen molar-refractivity contribution in [1.82, 2.24) is 4.98 Å². The molecule has 3 aromatic rings. The molecule has 6 nitrogen and oxygen atoms in total. The molecule has 0 atom stereocenters. The number of H-pyrrole nitrogens is 1. The molecule has 0 bridgehead atoms. The van der Waals surface area contributed by atoms with E-state index in [-0.39, 0.29) is 23.3 Å². The first-order chi connectivity index (χ1) is 12.9. The van der Waals surface area contributed by atoms with Gasteiger partial charge in [-0.1, -0.05) is 32.0 Å². The Morgan fingerprint density at radius 3 is 2.26 bits per heavy atom. The van der Waals surface area contributed by atoms with Crippen molar-refractivity contribution in [2.75, 3.05) is 10.6 Å². The number of rotatable bonds is 5. The van der Waals surface area contributed by atoms with Crippen LogP contribution in [-0.4, -0.2) is 16.8 Å². The van der Waals surface area contributed by atoms with Crippen LogP contribution in [0, 0.1) is 5.92 Å². The van der Waals surface area contributed by atoms with Crippen LogP contribution in [0.25, 0.3) is 10.9 Å². The minimum Gasteiger partial charge on any atom is -0.326 e. The van der Waals surface area contributed by atoms with Gasteiger partial charge in [-0.2, -0.15) is 0 Å². The number of pyridine rings is 1. The molecule has 3 rings (SSSR count). The molecule has 0 spiro atoms. The van der Waals surface area contributed by atoms with Crippen LogP contribution in [0.2, 0.25) is 0 Å². The lowest BCUT2D eigenvalue weighted by atomic mass is 10.1. The minimum atomic E-state index is -0.367. The fourth-order valence-corrected chi connectivity index (χ4v) is 2.81. The molecular weight excluding hydrogens is 342 g/mol. The Morgan fingerprint density at radius 1 is 0.963 bits per heavy atom. The van der Waals surface area contributed by atoms with Crippen LogP contribution in [0.1, 0.15) is 30.6 Å². The van der Waals surface area contributed by atoms with Crippen molar-refractivity contribution >= 4 is 34.1 Å². The van der Waals surface area contributed by atoms with E-state index in [1.165, 1.54) is 6.07 Å². The summed E-state index contributed by atoms with van der Waals surface area (Å²) in [5.74, 6) is -0.127. The summed E-state index contributed by atoms with van der Waals surface area (Å²) in [6, 6.07) is 15.3. The van der Waals surface area contributed by atoms with Gasteiger partial charge in [0.05, 0.1) is 5.56 Å². The largest absolute Gasteiger partial charge is 0.326 e. The summed E-state index contributed by atoms with van der Waals surface area (Å²) in [7, 11) is 0. The lowest BCUT2D eigenvalue weighted by Gasteiger charge is -2.10. The van der Waals surface area contributed by atoms with E-state index in [1.807, 2.05) is 19.9 Å². The van der Waals surface area contributed by atoms with Gasteiger partial charge in [-0.3, -0.25) is 14.4 Å². The van der Waals surface area contributed by atoms with E-state index in [0.29, 0.717) is 34.3 Å². The Morgan fingerprint density at radius 2 is 1.59 bits per heavy atom. The number of benzene rings is 2. The maximum Gasteiger partial charge on any atom is 0.256 e. The molecule has 2 amide bonds. The highest BCUT2D eigenvalue weighted by molar-refractivity contribution is 6.12. The zero-order valence-corrected chi connectivity index (χ0v) is 15.2. The summed E-state index contributed by atoms with van der Waals surface area (Å²) < 4.78 is 0. The second-order valence-corrected chi connectivity index (χ2v) is 6.77. The molecule has 0 fully saturated rings. The number of aromatic amines is 1. The number of aromatic nitrogens is 1. The Labute approximate surface area is 156 Å². The molecule has 0 aliphatic rings. The van der Waals surface area contributed by atoms with Crippen molar-refractivity contribution in [2.45, 2.75) is 20.3 Å². The smallest absolute Gasteiger partial charge is 0.256 e. The standard InChI is InChI=1S/C21H21N3O3/c1-13(2)11-19(25)22-14-7-9-15(10-8-14)23-21(27)17-12-20(26)24-18-6-4-3-5-16(17)18/h3-10,12-13H,11H2,1-2H3,(H,22,25)(H,23,27)(H,24,26). The number of amides is 2. The minimum absolute atomic E-state index is 0.0447. The van der Waals surface area contributed by atoms with Crippen LogP contribution in [0.3, 0.4) is 0 Å². The lowest BCUT2D eigenvalue weighted by molar-refractivity contribution is -0.116. The van der Waals surface area contributed by atoms with E-state index in [9.17, 15) is 14.4 Å². The zero-order valence-electron chi connectivity index (χ0n) is 15.2. The number of anilines is 2. The molecule has 1 heterocycles. The van der Waals surface area contributed by atoms with Crippen LogP contribution >= 0.6 is 0 Å². The number of carbonyl (C=O) groups excluding carboxylic acids is 2. The predicted molar refractivity (Wildman–Crippen MR) is 107 cm³/mol. The third-order valence-corrected chi connectivity index (χ3v) is 4.02. The summed E-state index contributed by atoms with van der Waals surface area (Å²) in [6.45, 7) is 3.97. The highest BCUT2D eigenvalue weighted by Crippen LogP contribution is 2.18. The summed E-state index contributed by atoms with van der Waals surface area (Å²) in [6.07, 6.45) is 0.452. The maximum atomic E-state index is 12.6. The van der Waals surface area contributed by atoms with Crippen LogP contribution in [-0.2, 0) is 4.79 Å². The van der Waals surface area contributed by atoms with Crippen LogP contribution in [0.4, 0.5) is 11.4 Å². The van der Waals surface area contributed by atoms with Gasteiger partial charge in [0.15, 0.2) is 0 Å². The van der Waals surface area contributed by atoms with Crippen molar-refractivity contribution in [3.05, 3.63) is 70.5 Å². The number of hydrogen-bond acceptors (Lipinski definition) is 3. The van der Waals surface area contributed by atoms with Gasteiger partial charge in [-0.25, -0.2) is 0 Å². The van der Waals surface area contributed by atoms with Gasteiger partial charge in [-0.15, -0.1) is 0 Å². The predicted octanol–water partition coefficient (Wildman–Crippen LogP) is 3.77. The van der Waals surface area contributed by atoms with Crippen LogP contribution in [0.5, 0.6) is 0 Å². The molecule has 1 aromatic heterocycles. The molecular formula is C21H21N3O3. The number of para-hydroxylation sites is 1. The third-order valence-electron chi connectivity index (χ3n) is 4.02. The van der Waals surface area contributed by atoms with E-state index in [2.05, 4.69) is 15.6 Å². The summed E-state index contributed by atoms with van der Waals surface area (Å²) in [5, 5.41) is 6.28. The number of fused-ring (bicyclic) bond motifs is 1. The first-order valence-corrected chi connectivity index (χ1v) is 8.75. The fourth-order valence-electron chi connectivity index (χ4n) is 2.81. The first kappa shape index (κ1) is 18.4. The molecule has 0 saturated carbocycles. The molecule has 0 unspecified atom stereocenters. The second kappa shape index (κ2) is 7.86. The van der Waals surface area contributed by atoms with Gasteiger partial charge in [0.2, 0.25) is 11.5 Å². The summed E-state index contributed by atoms with van der Waals surface area (Å²) in [4.78, 5) is 39.0. The molecule has 0 aliphatic heterocycles. The van der Waals surface area contributed by atoms with Gasteiger partial charge in [0.25, 0.3) is 5.91 Å². The average Bonchev–Trinajstić information content (AvgIpc) is 2.61. The number of carbonyl (C=O) groups is 2. The van der Waals surface area contributed by atoms with E-state index in [0.717, 1.165) is 0 Å². The quantitative estimate of drug-likeness (QED) is 0.644. The first-order valence-electron chi connectivity index (χ1n) is 8.75. The van der Waals surface area contributed by atoms with Gasteiger partial charge >= 0.3 is 0 Å². The topological polar surface area (TPSA) is 91.1 Å². The van der Waals surface area contributed by atoms with E-state index in [4.69, 9.17) is 0 Å². The molecule has 0 radical (unpaired) electrons. The van der Waals surface area contributed by atoms with Crippen LogP contribution in [0.15, 0.2) is 59.4 Å². The molecule has 6 heteroatoms. The highest BCUT2D eigenvalue weighted by Gasteiger charge is 2.12. The Hall–Kier alpha value is -3.41. The molecule has 27 heavy (non-hydrogen) atoms. The number of hydrogen-bond donors (Lipinski definition) is 3. The Kier molecular flexibility index (Phi) is 5.35. The van der Waals surface area contributed by atoms with Crippen molar-refractivity contribution < 1.29 is 9.59 Å². The summed E-state index contributed by atoms with van der Waals surface area (Å²) in [5.41, 5.74) is 1.83. The SMILES string of the molecule is CC(C)CC(=O)Nc1ccc(NC(=O)c2cc(=O)[nH]c3ccccc23)cc1. The van der Waals surface area contributed by atoms with Gasteiger partial charge < -0.3 is 15.6 Å². The molecule has 138 valence electrons. The van der Waals surface area contributed by atoms with E-state index < -0.39 is 0 Å². The second-order valence-electron chi connectivity index (χ2n) is 6.77. The molecule has 0 aliphatic carbocycles. The van der Waals surface area contributed by atoms with Gasteiger partial charge in [0, 0.05) is 34.8 Å². The Balaban J connectivity index is 1.75. The van der Waals surface area contributed by atoms with E-state index in [1.54, 1.807) is 42.5 Å². The van der Waals surface area contributed by atoms with Crippen molar-refractivity contribution in [2.24, 2.45) is 5.92 Å². The molecule has 2 aromatic carbocycles. The normalized spacial score (nSPS) is 10.8. The van der Waals surface area contributed by atoms with Gasteiger partial charge in [-0.05, 0) is 36.2 Å². The van der Waals surface area contributed by atoms with Crippen LogP contribution < -0.4 is 16.2 Å². The fraction of sp³-hybridized carbons (Fsp3) is 0.190. The van der Waals surface area contributed by atoms with E-state index >= 15 is 0 Å². The molecule has 0 saturated heterocycles. The maximum absolute atomic E-state index is 12.6. The monoisotopic (exact) mass is 363 g/mol. The third kappa shape index (κ3) is 4.61. The highest BCUT2D eigenvalue weighted by atomic mass is 16.2. The zero-order chi connectivity index (χ0) is 19.4. The van der Waals surface area contributed by atoms with Crippen molar-refractivity contribution in [3.63, 3.8) is 0 Å². The molecule has 3 N–H and O–H groups in total.